The van der Waals surface area contributed by atoms with Crippen LogP contribution in [0.2, 0.25) is 10.1 Å². The van der Waals surface area contributed by atoms with E-state index in [0.29, 0.717) is 26.4 Å². The van der Waals surface area contributed by atoms with Gasteiger partial charge in [0.25, 0.3) is 0 Å². The fourth-order valence-corrected chi connectivity index (χ4v) is 3.61. The van der Waals surface area contributed by atoms with Gasteiger partial charge in [-0.15, -0.1) is 0 Å². The number of hydrogen-bond donors (Lipinski definition) is 0. The summed E-state index contributed by atoms with van der Waals surface area (Å²) in [5.41, 5.74) is 0. The molecule has 0 rings (SSSR count). The molecule has 0 spiro atoms. The van der Waals surface area contributed by atoms with E-state index >= 15 is 0 Å². The summed E-state index contributed by atoms with van der Waals surface area (Å²) in [6.45, 7) is 2.18. The van der Waals surface area contributed by atoms with Gasteiger partial charge in [0.15, 0.2) is 0 Å². The van der Waals surface area contributed by atoms with E-state index in [0.717, 1.165) is 18.5 Å². The van der Waals surface area contributed by atoms with Gasteiger partial charge in [-0.3, -0.25) is 0 Å². The Morgan fingerprint density at radius 2 is 1.40 bits per heavy atom. The van der Waals surface area contributed by atoms with Crippen molar-refractivity contribution >= 4 is 15.0 Å². The molecule has 0 bridgehead atoms. The topological polar surface area (TPSA) is 36.9 Å². The summed E-state index contributed by atoms with van der Waals surface area (Å²) in [6, 6.07) is 0. The van der Waals surface area contributed by atoms with Crippen molar-refractivity contribution < 1.29 is 18.9 Å². The van der Waals surface area contributed by atoms with Crippen LogP contribution in [0.15, 0.2) is 0 Å². The molecule has 92 valence electrons. The Kier molecular flexibility index (Phi) is 11.1. The van der Waals surface area contributed by atoms with Gasteiger partial charge in [-0.05, 0) is 0 Å². The predicted octanol–water partition coefficient (Wildman–Crippen LogP) is 0.852. The predicted molar refractivity (Wildman–Crippen MR) is 60.7 cm³/mol. The van der Waals surface area contributed by atoms with Crippen molar-refractivity contribution in [3.8, 4) is 0 Å². The van der Waals surface area contributed by atoms with Crippen molar-refractivity contribution in [2.75, 3.05) is 48.3 Å². The van der Waals surface area contributed by atoms with Gasteiger partial charge in [-0.1, -0.05) is 0 Å². The first-order chi connectivity index (χ1) is 7.28. The zero-order valence-electron chi connectivity index (χ0n) is 10.0. The zero-order chi connectivity index (χ0) is 11.5. The standard InChI is InChI=1S/C10H22O4Se/c1-11-5-9(14-4)8-15-10(6-12-2)7-13-3/h9-10H,5-8H2,1-4H3. The molecule has 5 heteroatoms. The first-order valence-corrected chi connectivity index (χ1v) is 7.09. The van der Waals surface area contributed by atoms with Crippen LogP contribution in [0.4, 0.5) is 0 Å². The van der Waals surface area contributed by atoms with E-state index < -0.39 is 0 Å². The van der Waals surface area contributed by atoms with Gasteiger partial charge in [0.2, 0.25) is 0 Å². The Balaban J connectivity index is 3.73. The van der Waals surface area contributed by atoms with Gasteiger partial charge >= 0.3 is 98.4 Å². The minimum absolute atomic E-state index is 0.200. The molecular weight excluding hydrogens is 263 g/mol. The molecule has 0 heterocycles. The summed E-state index contributed by atoms with van der Waals surface area (Å²) in [5.74, 6) is 0. The molecule has 1 atom stereocenters. The molecule has 0 aliphatic carbocycles. The van der Waals surface area contributed by atoms with Crippen LogP contribution in [-0.4, -0.2) is 69.3 Å². The molecule has 0 saturated carbocycles. The summed E-state index contributed by atoms with van der Waals surface area (Å²) in [5, 5.41) is 1.04. The van der Waals surface area contributed by atoms with E-state index in [-0.39, 0.29) is 6.10 Å². The molecule has 1 unspecified atom stereocenters. The van der Waals surface area contributed by atoms with E-state index in [9.17, 15) is 0 Å². The SMILES string of the molecule is COCC(C[Se]C(COC)COC)OC. The van der Waals surface area contributed by atoms with E-state index in [2.05, 4.69) is 0 Å². The molecule has 0 amide bonds. The van der Waals surface area contributed by atoms with Crippen LogP contribution < -0.4 is 0 Å². The van der Waals surface area contributed by atoms with E-state index in [4.69, 9.17) is 18.9 Å². The van der Waals surface area contributed by atoms with Gasteiger partial charge in [0.05, 0.1) is 0 Å². The Morgan fingerprint density at radius 3 is 1.80 bits per heavy atom. The van der Waals surface area contributed by atoms with Crippen LogP contribution in [0.1, 0.15) is 0 Å². The Hall–Kier alpha value is 0.359. The van der Waals surface area contributed by atoms with Gasteiger partial charge in [-0.25, -0.2) is 0 Å². The quantitative estimate of drug-likeness (QED) is 0.558. The summed E-state index contributed by atoms with van der Waals surface area (Å²) in [4.78, 5) is 0.502. The van der Waals surface area contributed by atoms with E-state index in [1.165, 1.54) is 0 Å². The fraction of sp³-hybridized carbons (Fsp3) is 1.00. The Morgan fingerprint density at radius 1 is 0.867 bits per heavy atom. The first kappa shape index (κ1) is 15.4. The molecule has 0 aromatic rings. The molecule has 4 nitrogen and oxygen atoms in total. The molecule has 0 fully saturated rings. The third-order valence-electron chi connectivity index (χ3n) is 1.91. The summed E-state index contributed by atoms with van der Waals surface area (Å²) in [6.07, 6.45) is 0.200. The maximum absolute atomic E-state index is 5.31. The van der Waals surface area contributed by atoms with Crippen LogP contribution in [-0.2, 0) is 18.9 Å². The van der Waals surface area contributed by atoms with Crippen molar-refractivity contribution in [1.29, 1.82) is 0 Å². The Labute approximate surface area is 98.8 Å². The molecule has 0 N–H and O–H groups in total. The van der Waals surface area contributed by atoms with Crippen LogP contribution in [0.5, 0.6) is 0 Å². The molecule has 15 heavy (non-hydrogen) atoms. The number of rotatable bonds is 10. The molecule has 0 saturated heterocycles. The summed E-state index contributed by atoms with van der Waals surface area (Å²) >= 11 is 0.464. The van der Waals surface area contributed by atoms with Crippen molar-refractivity contribution in [1.82, 2.24) is 0 Å². The third kappa shape index (κ3) is 8.20. The monoisotopic (exact) mass is 286 g/mol. The average Bonchev–Trinajstić information content (AvgIpc) is 2.24. The molecule has 0 aliphatic rings. The zero-order valence-corrected chi connectivity index (χ0v) is 11.7. The van der Waals surface area contributed by atoms with Crippen LogP contribution in [0, 0.1) is 0 Å². The summed E-state index contributed by atoms with van der Waals surface area (Å²) < 4.78 is 20.7. The molecule has 0 radical (unpaired) electrons. The molecular formula is C10H22O4Se. The average molecular weight is 285 g/mol. The van der Waals surface area contributed by atoms with Crippen molar-refractivity contribution in [2.45, 2.75) is 16.2 Å². The van der Waals surface area contributed by atoms with E-state index in [1.54, 1.807) is 28.4 Å². The first-order valence-electron chi connectivity index (χ1n) is 4.89. The minimum atomic E-state index is 0.200. The van der Waals surface area contributed by atoms with Crippen LogP contribution in [0.25, 0.3) is 0 Å². The second-order valence-corrected chi connectivity index (χ2v) is 5.98. The molecule has 0 aromatic heterocycles. The Bertz CT molecular complexity index is 129. The van der Waals surface area contributed by atoms with Gasteiger partial charge in [-0.2, -0.15) is 0 Å². The van der Waals surface area contributed by atoms with Gasteiger partial charge < -0.3 is 0 Å². The molecule has 0 aromatic carbocycles. The normalized spacial score (nSPS) is 13.4. The third-order valence-corrected chi connectivity index (χ3v) is 4.65. The number of ether oxygens (including phenoxy) is 4. The van der Waals surface area contributed by atoms with Gasteiger partial charge in [0, 0.05) is 0 Å². The second kappa shape index (κ2) is 10.9. The number of hydrogen-bond acceptors (Lipinski definition) is 4. The molecule has 0 aliphatic heterocycles. The van der Waals surface area contributed by atoms with Crippen molar-refractivity contribution in [3.05, 3.63) is 0 Å². The van der Waals surface area contributed by atoms with Crippen LogP contribution >= 0.6 is 0 Å². The maximum atomic E-state index is 5.31. The summed E-state index contributed by atoms with van der Waals surface area (Å²) in [7, 11) is 6.87. The second-order valence-electron chi connectivity index (χ2n) is 3.18. The number of methoxy groups -OCH3 is 4. The van der Waals surface area contributed by atoms with Crippen LogP contribution in [0.3, 0.4) is 0 Å². The fourth-order valence-electron chi connectivity index (χ4n) is 1.13. The van der Waals surface area contributed by atoms with Crippen molar-refractivity contribution in [3.63, 3.8) is 0 Å². The van der Waals surface area contributed by atoms with Crippen molar-refractivity contribution in [2.24, 2.45) is 0 Å². The van der Waals surface area contributed by atoms with E-state index in [1.807, 2.05) is 0 Å². The van der Waals surface area contributed by atoms with Gasteiger partial charge in [0.1, 0.15) is 0 Å².